The third kappa shape index (κ3) is 8.02. The number of carbonyl (C=O) groups excluding carboxylic acids is 1. The van der Waals surface area contributed by atoms with E-state index >= 15 is 0 Å². The van der Waals surface area contributed by atoms with E-state index in [1.807, 2.05) is 6.07 Å². The maximum absolute atomic E-state index is 9.78. The minimum Gasteiger partial charge on any atom is -0.478 e. The third-order valence-corrected chi connectivity index (χ3v) is 2.83. The Morgan fingerprint density at radius 2 is 1.52 bits per heavy atom. The predicted molar refractivity (Wildman–Crippen MR) is 92.5 cm³/mol. The molecule has 0 aliphatic rings. The number of carboxylic acids is 1. The van der Waals surface area contributed by atoms with Gasteiger partial charge >= 0.3 is 5.97 Å². The monoisotopic (exact) mass is 309 g/mol. The lowest BCUT2D eigenvalue weighted by Crippen LogP contribution is -2.06. The molecule has 0 saturated heterocycles. The summed E-state index contributed by atoms with van der Waals surface area (Å²) in [4.78, 5) is 19.4. The van der Waals surface area contributed by atoms with Gasteiger partial charge in [-0.3, -0.25) is 4.79 Å². The fourth-order valence-electron chi connectivity index (χ4n) is 1.68. The highest BCUT2D eigenvalue weighted by molar-refractivity contribution is 5.92. The quantitative estimate of drug-likeness (QED) is 0.672. The van der Waals surface area contributed by atoms with Gasteiger partial charge in [-0.05, 0) is 23.6 Å². The summed E-state index contributed by atoms with van der Waals surface area (Å²) in [5.74, 6) is -1.93. The summed E-state index contributed by atoms with van der Waals surface area (Å²) in [5, 5.41) is 7.87. The molecular formula is C19H19NO3. The maximum atomic E-state index is 9.78. The Hall–Kier alpha value is -3.14. The molecule has 4 nitrogen and oxygen atoms in total. The minimum atomic E-state index is -1.18. The van der Waals surface area contributed by atoms with Crippen LogP contribution in [0.25, 0.3) is 12.2 Å². The van der Waals surface area contributed by atoms with Gasteiger partial charge in [0.25, 0.3) is 0 Å². The summed E-state index contributed by atoms with van der Waals surface area (Å²) >= 11 is 0. The second-order valence-corrected chi connectivity index (χ2v) is 4.67. The smallest absolute Gasteiger partial charge is 0.328 e. The number of primary amides is 1. The van der Waals surface area contributed by atoms with Crippen molar-refractivity contribution in [3.05, 3.63) is 83.4 Å². The molecule has 0 radical (unpaired) electrons. The predicted octanol–water partition coefficient (Wildman–Crippen LogP) is 3.28. The molecule has 0 aromatic heterocycles. The van der Waals surface area contributed by atoms with Gasteiger partial charge in [0, 0.05) is 12.2 Å². The number of hydrogen-bond donors (Lipinski definition) is 2. The maximum Gasteiger partial charge on any atom is 0.328 e. The summed E-state index contributed by atoms with van der Waals surface area (Å²) in [5.41, 5.74) is 8.38. The van der Waals surface area contributed by atoms with E-state index in [-0.39, 0.29) is 0 Å². The second kappa shape index (κ2) is 9.73. The van der Waals surface area contributed by atoms with Gasteiger partial charge in [0.15, 0.2) is 0 Å². The molecule has 118 valence electrons. The Morgan fingerprint density at radius 3 is 2.04 bits per heavy atom. The molecule has 2 aromatic rings. The van der Waals surface area contributed by atoms with E-state index in [2.05, 4.69) is 73.3 Å². The van der Waals surface area contributed by atoms with Crippen LogP contribution in [0.5, 0.6) is 0 Å². The van der Waals surface area contributed by atoms with Crippen molar-refractivity contribution in [2.45, 2.75) is 6.92 Å². The molecule has 0 atom stereocenters. The number of rotatable bonds is 4. The normalized spacial score (nSPS) is 10.3. The first-order valence-electron chi connectivity index (χ1n) is 6.98. The molecule has 4 heteroatoms. The van der Waals surface area contributed by atoms with Crippen LogP contribution in [-0.4, -0.2) is 17.0 Å². The largest absolute Gasteiger partial charge is 0.478 e. The van der Waals surface area contributed by atoms with Gasteiger partial charge in [0.2, 0.25) is 5.91 Å². The lowest BCUT2D eigenvalue weighted by molar-refractivity contribution is -0.131. The molecule has 2 aromatic carbocycles. The summed E-state index contributed by atoms with van der Waals surface area (Å²) in [6.45, 7) is 2.13. The van der Waals surface area contributed by atoms with Crippen LogP contribution in [-0.2, 0) is 9.59 Å². The number of amides is 1. The lowest BCUT2D eigenvalue weighted by Gasteiger charge is -1.98. The number of carboxylic acid groups (broad SMARTS) is 1. The van der Waals surface area contributed by atoms with E-state index in [0.717, 1.165) is 6.08 Å². The number of carbonyl (C=O) groups is 2. The summed E-state index contributed by atoms with van der Waals surface area (Å²) in [6, 6.07) is 18.7. The van der Waals surface area contributed by atoms with Crippen LogP contribution in [0.3, 0.4) is 0 Å². The zero-order chi connectivity index (χ0) is 17.1. The number of nitrogens with two attached hydrogens (primary N) is 1. The lowest BCUT2D eigenvalue weighted by atomic mass is 10.1. The van der Waals surface area contributed by atoms with Crippen LogP contribution >= 0.6 is 0 Å². The fraction of sp³-hybridized carbons (Fsp3) is 0.0526. The molecule has 0 aliphatic heterocycles. The Kier molecular flexibility index (Phi) is 7.58. The zero-order valence-electron chi connectivity index (χ0n) is 12.8. The Balaban J connectivity index is 0.000000284. The van der Waals surface area contributed by atoms with Gasteiger partial charge < -0.3 is 10.8 Å². The highest BCUT2D eigenvalue weighted by atomic mass is 16.4. The molecule has 0 saturated carbocycles. The second-order valence-electron chi connectivity index (χ2n) is 4.67. The van der Waals surface area contributed by atoms with Crippen molar-refractivity contribution in [1.82, 2.24) is 0 Å². The van der Waals surface area contributed by atoms with Crippen LogP contribution in [0.1, 0.15) is 16.7 Å². The highest BCUT2D eigenvalue weighted by Crippen LogP contribution is 2.11. The molecule has 0 bridgehead atoms. The van der Waals surface area contributed by atoms with Crippen molar-refractivity contribution in [3.8, 4) is 0 Å². The zero-order valence-corrected chi connectivity index (χ0v) is 12.8. The molecule has 0 aliphatic carbocycles. The molecule has 2 rings (SSSR count). The first-order valence-corrected chi connectivity index (χ1v) is 6.98. The number of aryl methyl sites for hydroxylation is 1. The van der Waals surface area contributed by atoms with Crippen molar-refractivity contribution < 1.29 is 14.7 Å². The number of benzene rings is 2. The van der Waals surface area contributed by atoms with Gasteiger partial charge in [-0.15, -0.1) is 0 Å². The summed E-state index contributed by atoms with van der Waals surface area (Å²) in [6.07, 6.45) is 5.76. The molecule has 0 fully saturated rings. The average molecular weight is 309 g/mol. The van der Waals surface area contributed by atoms with E-state index in [9.17, 15) is 9.59 Å². The Labute approximate surface area is 135 Å². The summed E-state index contributed by atoms with van der Waals surface area (Å²) in [7, 11) is 0. The summed E-state index contributed by atoms with van der Waals surface area (Å²) < 4.78 is 0. The van der Waals surface area contributed by atoms with Gasteiger partial charge in [0.1, 0.15) is 0 Å². The molecule has 0 unspecified atom stereocenters. The molecule has 0 spiro atoms. The number of hydrogen-bond acceptors (Lipinski definition) is 2. The van der Waals surface area contributed by atoms with Crippen LogP contribution in [0.15, 0.2) is 66.7 Å². The van der Waals surface area contributed by atoms with Crippen LogP contribution in [0.2, 0.25) is 0 Å². The average Bonchev–Trinajstić information content (AvgIpc) is 2.54. The first-order chi connectivity index (χ1) is 11.0. The van der Waals surface area contributed by atoms with E-state index in [0.29, 0.717) is 6.08 Å². The first kappa shape index (κ1) is 17.9. The van der Waals surface area contributed by atoms with E-state index in [1.54, 1.807) is 0 Å². The van der Waals surface area contributed by atoms with Gasteiger partial charge in [-0.1, -0.05) is 66.7 Å². The van der Waals surface area contributed by atoms with Crippen molar-refractivity contribution in [2.24, 2.45) is 5.73 Å². The van der Waals surface area contributed by atoms with Crippen molar-refractivity contribution >= 4 is 24.0 Å². The van der Waals surface area contributed by atoms with Crippen LogP contribution in [0.4, 0.5) is 0 Å². The third-order valence-electron chi connectivity index (χ3n) is 2.83. The highest BCUT2D eigenvalue weighted by Gasteiger charge is 1.90. The SMILES string of the molecule is Cc1ccccc1C=Cc1ccccc1.NC(=O)/C=C\C(=O)O. The molecule has 1 amide bonds. The molecule has 0 heterocycles. The van der Waals surface area contributed by atoms with Crippen LogP contribution < -0.4 is 5.73 Å². The standard InChI is InChI=1S/C15H14.C4H5NO3/c1-13-7-5-6-10-15(13)12-11-14-8-3-2-4-9-14;5-3(6)1-2-4(7)8/h2-12H,1H3;1-2H,(H2,5,6)(H,7,8)/b;2-1-. The topological polar surface area (TPSA) is 80.4 Å². The Bertz CT molecular complexity index is 688. The van der Waals surface area contributed by atoms with Crippen molar-refractivity contribution in [3.63, 3.8) is 0 Å². The van der Waals surface area contributed by atoms with Crippen molar-refractivity contribution in [1.29, 1.82) is 0 Å². The van der Waals surface area contributed by atoms with Gasteiger partial charge in [-0.2, -0.15) is 0 Å². The fourth-order valence-corrected chi connectivity index (χ4v) is 1.68. The van der Waals surface area contributed by atoms with Gasteiger partial charge in [-0.25, -0.2) is 4.79 Å². The molecule has 23 heavy (non-hydrogen) atoms. The Morgan fingerprint density at radius 1 is 0.913 bits per heavy atom. The van der Waals surface area contributed by atoms with Gasteiger partial charge in [0.05, 0.1) is 0 Å². The molecular weight excluding hydrogens is 290 g/mol. The molecule has 3 N–H and O–H groups in total. The van der Waals surface area contributed by atoms with E-state index < -0.39 is 11.9 Å². The van der Waals surface area contributed by atoms with E-state index in [1.165, 1.54) is 16.7 Å². The number of aliphatic carboxylic acids is 1. The van der Waals surface area contributed by atoms with E-state index in [4.69, 9.17) is 5.11 Å². The van der Waals surface area contributed by atoms with Crippen LogP contribution in [0, 0.1) is 6.92 Å². The van der Waals surface area contributed by atoms with Crippen molar-refractivity contribution in [2.75, 3.05) is 0 Å². The minimum absolute atomic E-state index is 0.683.